The minimum Gasteiger partial charge on any atom is -0.309 e. The van der Waals surface area contributed by atoms with Crippen molar-refractivity contribution in [3.8, 4) is 5.69 Å². The molecular formula is C42H27NS2Si. The maximum Gasteiger partial charge on any atom is 0.181 e. The summed E-state index contributed by atoms with van der Waals surface area (Å²) in [6, 6.07) is 61.5. The van der Waals surface area contributed by atoms with Crippen molar-refractivity contribution in [3.63, 3.8) is 0 Å². The topological polar surface area (TPSA) is 4.93 Å². The number of aromatic nitrogens is 1. The Morgan fingerprint density at radius 2 is 0.957 bits per heavy atom. The first-order valence-corrected chi connectivity index (χ1v) is 19.3. The van der Waals surface area contributed by atoms with Gasteiger partial charge in [0, 0.05) is 46.4 Å². The molecule has 0 saturated heterocycles. The molecule has 0 amide bonds. The summed E-state index contributed by atoms with van der Waals surface area (Å²) in [6.45, 7) is 0. The lowest BCUT2D eigenvalue weighted by molar-refractivity contribution is 1.19. The Hall–Kier alpha value is -4.87. The Bertz CT molecular complexity index is 2530. The van der Waals surface area contributed by atoms with E-state index < -0.39 is 8.07 Å². The summed E-state index contributed by atoms with van der Waals surface area (Å²) in [6.07, 6.45) is 0. The Morgan fingerprint density at radius 3 is 1.63 bits per heavy atom. The van der Waals surface area contributed by atoms with Gasteiger partial charge >= 0.3 is 0 Å². The number of fused-ring (bicyclic) bond motifs is 8. The molecule has 10 rings (SSSR count). The molecule has 46 heavy (non-hydrogen) atoms. The van der Waals surface area contributed by atoms with Crippen LogP contribution in [0.5, 0.6) is 0 Å². The molecule has 0 saturated carbocycles. The van der Waals surface area contributed by atoms with Gasteiger partial charge in [0.05, 0.1) is 11.0 Å². The molecule has 4 heteroatoms. The van der Waals surface area contributed by atoms with Crippen molar-refractivity contribution in [2.24, 2.45) is 0 Å². The van der Waals surface area contributed by atoms with Crippen molar-refractivity contribution < 1.29 is 0 Å². The average Bonchev–Trinajstić information content (AvgIpc) is 3.66. The van der Waals surface area contributed by atoms with Crippen molar-refractivity contribution in [2.75, 3.05) is 0 Å². The highest BCUT2D eigenvalue weighted by molar-refractivity contribution is 8.00. The van der Waals surface area contributed by atoms with Gasteiger partial charge in [-0.05, 0) is 69.3 Å². The number of hydrogen-bond donors (Lipinski definition) is 0. The van der Waals surface area contributed by atoms with E-state index in [0.29, 0.717) is 0 Å². The summed E-state index contributed by atoms with van der Waals surface area (Å²) >= 11 is 3.82. The van der Waals surface area contributed by atoms with Crippen LogP contribution in [0.25, 0.3) is 47.7 Å². The molecule has 7 aromatic carbocycles. The highest BCUT2D eigenvalue weighted by Gasteiger charge is 2.46. The number of nitrogens with zero attached hydrogens (tertiary/aromatic N) is 1. The lowest BCUT2D eigenvalue weighted by Crippen LogP contribution is -2.76. The first-order valence-electron chi connectivity index (χ1n) is 15.7. The summed E-state index contributed by atoms with van der Waals surface area (Å²) < 4.78 is 5.09. The van der Waals surface area contributed by atoms with Crippen LogP contribution in [-0.4, -0.2) is 12.6 Å². The molecule has 0 fully saturated rings. The van der Waals surface area contributed by atoms with E-state index in [1.807, 2.05) is 23.1 Å². The zero-order valence-electron chi connectivity index (χ0n) is 24.9. The zero-order valence-corrected chi connectivity index (χ0v) is 27.5. The third kappa shape index (κ3) is 3.63. The standard InChI is InChI=1S/C42H27NS2Si/c1-2-12-29(13-3-1)46(41-20-10-8-18-39(41)45-40-19-9-11-21-42(40)46)30-23-25-38-34(27-30)33-26-28(22-24-37(33)44-38)43-35-16-6-4-14-31(35)32-15-5-7-17-36(32)43/h1-27H. The first-order chi connectivity index (χ1) is 22.8. The maximum atomic E-state index is 2.55. The lowest BCUT2D eigenvalue weighted by Gasteiger charge is -2.39. The third-order valence-corrected chi connectivity index (χ3v) is 17.3. The molecule has 1 aliphatic rings. The van der Waals surface area contributed by atoms with Crippen LogP contribution in [-0.2, 0) is 0 Å². The van der Waals surface area contributed by atoms with Gasteiger partial charge in [0.1, 0.15) is 0 Å². The van der Waals surface area contributed by atoms with Gasteiger partial charge in [-0.25, -0.2) is 0 Å². The summed E-state index contributed by atoms with van der Waals surface area (Å²) in [5.41, 5.74) is 3.69. The Balaban J connectivity index is 1.27. The predicted molar refractivity (Wildman–Crippen MR) is 201 cm³/mol. The van der Waals surface area contributed by atoms with Crippen molar-refractivity contribution >= 4 is 93.9 Å². The van der Waals surface area contributed by atoms with Gasteiger partial charge in [-0.3, -0.25) is 0 Å². The molecule has 9 aromatic rings. The van der Waals surface area contributed by atoms with Crippen molar-refractivity contribution in [2.45, 2.75) is 9.79 Å². The molecule has 3 heterocycles. The van der Waals surface area contributed by atoms with Crippen LogP contribution in [0.15, 0.2) is 174 Å². The van der Waals surface area contributed by atoms with Crippen LogP contribution >= 0.6 is 23.1 Å². The quantitative estimate of drug-likeness (QED) is 0.175. The largest absolute Gasteiger partial charge is 0.309 e. The fourth-order valence-corrected chi connectivity index (χ4v) is 15.8. The van der Waals surface area contributed by atoms with Crippen LogP contribution in [0.2, 0.25) is 0 Å². The second kappa shape index (κ2) is 10.1. The lowest BCUT2D eigenvalue weighted by atomic mass is 10.1. The summed E-state index contributed by atoms with van der Waals surface area (Å²) in [5, 5.41) is 11.1. The molecular weight excluding hydrogens is 611 g/mol. The number of thiophene rings is 1. The Labute approximate surface area is 276 Å². The van der Waals surface area contributed by atoms with Gasteiger partial charge in [0.15, 0.2) is 8.07 Å². The molecule has 0 unspecified atom stereocenters. The molecule has 216 valence electrons. The fourth-order valence-electron chi connectivity index (χ4n) is 7.81. The molecule has 0 N–H and O–H groups in total. The van der Waals surface area contributed by atoms with E-state index in [1.165, 1.54) is 78.2 Å². The number of para-hydroxylation sites is 2. The fraction of sp³-hybridized carbons (Fsp3) is 0. The number of benzene rings is 7. The minimum absolute atomic E-state index is 1.20. The van der Waals surface area contributed by atoms with E-state index in [4.69, 9.17) is 0 Å². The summed E-state index contributed by atoms with van der Waals surface area (Å²) in [7, 11) is -2.61. The molecule has 0 spiro atoms. The van der Waals surface area contributed by atoms with Crippen LogP contribution in [0.3, 0.4) is 0 Å². The monoisotopic (exact) mass is 637 g/mol. The normalized spacial score (nSPS) is 13.7. The van der Waals surface area contributed by atoms with Crippen LogP contribution in [0.1, 0.15) is 0 Å². The van der Waals surface area contributed by atoms with Crippen molar-refractivity contribution in [3.05, 3.63) is 164 Å². The Morgan fingerprint density at radius 1 is 0.413 bits per heavy atom. The smallest absolute Gasteiger partial charge is 0.181 e. The van der Waals surface area contributed by atoms with E-state index in [0.717, 1.165) is 0 Å². The minimum atomic E-state index is -2.61. The van der Waals surface area contributed by atoms with Gasteiger partial charge in [-0.2, -0.15) is 0 Å². The molecule has 0 bridgehead atoms. The van der Waals surface area contributed by atoms with E-state index >= 15 is 0 Å². The SMILES string of the molecule is c1ccc([Si]2(c3ccc4sc5ccc(-n6c7ccccc7c7ccccc76)cc5c4c3)c3ccccc3Sc3ccccc32)cc1. The molecule has 0 atom stereocenters. The molecule has 0 radical (unpaired) electrons. The van der Waals surface area contributed by atoms with E-state index in [2.05, 4.69) is 168 Å². The van der Waals surface area contributed by atoms with Gasteiger partial charge in [0.25, 0.3) is 0 Å². The summed E-state index contributed by atoms with van der Waals surface area (Å²) in [4.78, 5) is 2.75. The molecule has 0 aliphatic carbocycles. The highest BCUT2D eigenvalue weighted by Crippen LogP contribution is 2.39. The van der Waals surface area contributed by atoms with E-state index in [1.54, 1.807) is 0 Å². The van der Waals surface area contributed by atoms with Crippen molar-refractivity contribution in [1.29, 1.82) is 0 Å². The van der Waals surface area contributed by atoms with Crippen LogP contribution < -0.4 is 20.7 Å². The first kappa shape index (κ1) is 26.4. The third-order valence-electron chi connectivity index (χ3n) is 9.73. The second-order valence-corrected chi connectivity index (χ2v) is 18.0. The molecule has 1 nitrogen and oxygen atoms in total. The van der Waals surface area contributed by atoms with E-state index in [9.17, 15) is 0 Å². The van der Waals surface area contributed by atoms with Gasteiger partial charge < -0.3 is 4.57 Å². The zero-order chi connectivity index (χ0) is 30.2. The van der Waals surface area contributed by atoms with Gasteiger partial charge in [0.2, 0.25) is 0 Å². The van der Waals surface area contributed by atoms with E-state index in [-0.39, 0.29) is 0 Å². The number of hydrogen-bond acceptors (Lipinski definition) is 2. The summed E-state index contributed by atoms with van der Waals surface area (Å²) in [5.74, 6) is 0. The van der Waals surface area contributed by atoms with Crippen LogP contribution in [0.4, 0.5) is 0 Å². The molecule has 1 aliphatic heterocycles. The van der Waals surface area contributed by atoms with Crippen molar-refractivity contribution in [1.82, 2.24) is 4.57 Å². The highest BCUT2D eigenvalue weighted by atomic mass is 32.2. The van der Waals surface area contributed by atoms with Gasteiger partial charge in [-0.1, -0.05) is 127 Å². The maximum absolute atomic E-state index is 2.61. The average molecular weight is 638 g/mol. The molecule has 2 aromatic heterocycles. The predicted octanol–water partition coefficient (Wildman–Crippen LogP) is 8.99. The van der Waals surface area contributed by atoms with Gasteiger partial charge in [-0.15, -0.1) is 11.3 Å². The van der Waals surface area contributed by atoms with Crippen LogP contribution in [0, 0.1) is 0 Å². The Kier molecular flexibility index (Phi) is 5.77. The second-order valence-electron chi connectivity index (χ2n) is 12.1. The number of rotatable bonds is 3.